The van der Waals surface area contributed by atoms with Crippen molar-refractivity contribution < 1.29 is 19.4 Å². The van der Waals surface area contributed by atoms with Gasteiger partial charge in [0.2, 0.25) is 5.69 Å². The first-order valence-electron chi connectivity index (χ1n) is 5.62. The third kappa shape index (κ3) is 2.77. The molecule has 2 aromatic rings. The van der Waals surface area contributed by atoms with E-state index in [1.807, 2.05) is 0 Å². The Kier molecular flexibility index (Phi) is 3.56. The van der Waals surface area contributed by atoms with Crippen LogP contribution >= 0.6 is 0 Å². The molecule has 5 nitrogen and oxygen atoms in total. The third-order valence-corrected chi connectivity index (χ3v) is 2.72. The molecule has 0 fully saturated rings. The van der Waals surface area contributed by atoms with E-state index < -0.39 is 5.97 Å². The number of carboxylic acids is 1. The van der Waals surface area contributed by atoms with E-state index in [0.29, 0.717) is 10.3 Å². The molecule has 0 spiro atoms. The van der Waals surface area contributed by atoms with Crippen LogP contribution in [-0.2, 0) is 6.42 Å². The second-order valence-electron chi connectivity index (χ2n) is 3.97. The minimum atomic E-state index is -1.22. The van der Waals surface area contributed by atoms with Gasteiger partial charge in [0.25, 0.3) is 0 Å². The molecule has 0 radical (unpaired) electrons. The molecule has 0 amide bonds. The average Bonchev–Trinajstić information content (AvgIpc) is 2.41. The Labute approximate surface area is 109 Å². The van der Waals surface area contributed by atoms with Crippen LogP contribution in [0.2, 0.25) is 0 Å². The predicted molar refractivity (Wildman–Crippen MR) is 66.8 cm³/mol. The lowest BCUT2D eigenvalue weighted by atomic mass is 10.0. The van der Waals surface area contributed by atoms with E-state index in [9.17, 15) is 14.8 Å². The van der Waals surface area contributed by atoms with E-state index in [1.54, 1.807) is 30.3 Å². The van der Waals surface area contributed by atoms with Gasteiger partial charge in [0.15, 0.2) is 12.0 Å². The molecule has 1 heterocycles. The largest absolute Gasteiger partial charge is 0.618 e. The molecule has 5 heteroatoms. The highest BCUT2D eigenvalue weighted by molar-refractivity contribution is 5.98. The Balaban J connectivity index is 2.34. The highest BCUT2D eigenvalue weighted by Crippen LogP contribution is 2.09. The van der Waals surface area contributed by atoms with Crippen LogP contribution in [0.4, 0.5) is 0 Å². The van der Waals surface area contributed by atoms with Gasteiger partial charge < -0.3 is 10.3 Å². The van der Waals surface area contributed by atoms with Crippen molar-refractivity contribution in [1.29, 1.82) is 0 Å². The zero-order valence-corrected chi connectivity index (χ0v) is 9.95. The summed E-state index contributed by atoms with van der Waals surface area (Å²) < 4.78 is 0.421. The van der Waals surface area contributed by atoms with Gasteiger partial charge in [-0.1, -0.05) is 30.3 Å². The maximum atomic E-state index is 12.0. The van der Waals surface area contributed by atoms with Crippen LogP contribution in [0.15, 0.2) is 48.7 Å². The maximum Gasteiger partial charge on any atom is 0.342 e. The second kappa shape index (κ2) is 5.30. The summed E-state index contributed by atoms with van der Waals surface area (Å²) in [4.78, 5) is 23.0. The van der Waals surface area contributed by atoms with Gasteiger partial charge in [-0.05, 0) is 6.07 Å². The number of benzene rings is 1. The zero-order valence-electron chi connectivity index (χ0n) is 9.95. The summed E-state index contributed by atoms with van der Waals surface area (Å²) in [5.41, 5.74) is 0.244. The maximum absolute atomic E-state index is 12.0. The van der Waals surface area contributed by atoms with Crippen molar-refractivity contribution in [1.82, 2.24) is 0 Å². The first-order valence-corrected chi connectivity index (χ1v) is 5.62. The summed E-state index contributed by atoms with van der Waals surface area (Å²) in [6.07, 6.45) is 0.941. The van der Waals surface area contributed by atoms with Crippen molar-refractivity contribution in [3.8, 4) is 0 Å². The molecule has 1 aromatic carbocycles. The molecule has 1 N–H and O–H groups in total. The van der Waals surface area contributed by atoms with Crippen LogP contribution in [0.1, 0.15) is 26.4 Å². The van der Waals surface area contributed by atoms with E-state index >= 15 is 0 Å². The van der Waals surface area contributed by atoms with E-state index in [4.69, 9.17) is 5.11 Å². The van der Waals surface area contributed by atoms with E-state index in [-0.39, 0.29) is 23.5 Å². The highest BCUT2D eigenvalue weighted by atomic mass is 16.5. The zero-order chi connectivity index (χ0) is 13.8. The lowest BCUT2D eigenvalue weighted by Gasteiger charge is -2.06. The fourth-order valence-electron chi connectivity index (χ4n) is 1.77. The van der Waals surface area contributed by atoms with Gasteiger partial charge in [-0.25, -0.2) is 4.79 Å². The SMILES string of the molecule is O=C(Cc1c(C(=O)O)ccc[n+]1[O-])c1ccccc1. The number of hydrogen-bond acceptors (Lipinski definition) is 3. The number of nitrogens with zero attached hydrogens (tertiary/aromatic N) is 1. The highest BCUT2D eigenvalue weighted by Gasteiger charge is 2.21. The lowest BCUT2D eigenvalue weighted by molar-refractivity contribution is -0.613. The molecule has 0 bridgehead atoms. The summed E-state index contributed by atoms with van der Waals surface area (Å²) in [6, 6.07) is 11.1. The van der Waals surface area contributed by atoms with Crippen molar-refractivity contribution in [3.05, 3.63) is 70.7 Å². The van der Waals surface area contributed by atoms with Gasteiger partial charge in [0, 0.05) is 11.6 Å². The van der Waals surface area contributed by atoms with Crippen molar-refractivity contribution >= 4 is 11.8 Å². The number of aromatic nitrogens is 1. The minimum absolute atomic E-state index is 0.0520. The van der Waals surface area contributed by atoms with Gasteiger partial charge in [-0.15, -0.1) is 0 Å². The van der Waals surface area contributed by atoms with Gasteiger partial charge >= 0.3 is 5.97 Å². The Morgan fingerprint density at radius 3 is 2.42 bits per heavy atom. The average molecular weight is 257 g/mol. The van der Waals surface area contributed by atoms with Gasteiger partial charge in [0.05, 0.1) is 6.42 Å². The quantitative estimate of drug-likeness (QED) is 0.510. The fourth-order valence-corrected chi connectivity index (χ4v) is 1.77. The molecule has 0 saturated carbocycles. The van der Waals surface area contributed by atoms with Crippen LogP contribution in [0, 0.1) is 5.21 Å². The van der Waals surface area contributed by atoms with Crippen molar-refractivity contribution in [2.24, 2.45) is 0 Å². The third-order valence-electron chi connectivity index (χ3n) is 2.72. The molecule has 0 aliphatic heterocycles. The Bertz CT molecular complexity index is 623. The smallest absolute Gasteiger partial charge is 0.342 e. The summed E-state index contributed by atoms with van der Waals surface area (Å²) in [7, 11) is 0. The number of carbonyl (C=O) groups excluding carboxylic acids is 1. The monoisotopic (exact) mass is 257 g/mol. The normalized spacial score (nSPS) is 10.1. The molecule has 1 aromatic heterocycles. The number of carboxylic acid groups (broad SMARTS) is 1. The molecular formula is C14H11NO4. The number of aromatic carboxylic acids is 1. The molecule has 19 heavy (non-hydrogen) atoms. The van der Waals surface area contributed by atoms with Crippen LogP contribution in [0.3, 0.4) is 0 Å². The molecule has 0 aliphatic carbocycles. The van der Waals surface area contributed by atoms with Crippen molar-refractivity contribution in [3.63, 3.8) is 0 Å². The summed E-state index contributed by atoms with van der Waals surface area (Å²) in [5.74, 6) is -1.51. The fraction of sp³-hybridized carbons (Fsp3) is 0.0714. The Morgan fingerprint density at radius 1 is 1.11 bits per heavy atom. The van der Waals surface area contributed by atoms with Crippen LogP contribution in [-0.4, -0.2) is 16.9 Å². The molecule has 0 aliphatic rings. The van der Waals surface area contributed by atoms with Crippen LogP contribution < -0.4 is 4.73 Å². The summed E-state index contributed by atoms with van der Waals surface area (Å²) in [5, 5.41) is 20.6. The molecule has 0 unspecified atom stereocenters. The van der Waals surface area contributed by atoms with Crippen molar-refractivity contribution in [2.45, 2.75) is 6.42 Å². The molecule has 2 rings (SSSR count). The Morgan fingerprint density at radius 2 is 1.79 bits per heavy atom. The van der Waals surface area contributed by atoms with E-state index in [1.165, 1.54) is 18.3 Å². The number of carbonyl (C=O) groups is 2. The van der Waals surface area contributed by atoms with Gasteiger partial charge in [-0.3, -0.25) is 4.79 Å². The first kappa shape index (κ1) is 12.8. The predicted octanol–water partition coefficient (Wildman–Crippen LogP) is 1.44. The number of pyridine rings is 1. The van der Waals surface area contributed by atoms with Gasteiger partial charge in [-0.2, -0.15) is 4.73 Å². The summed E-state index contributed by atoms with van der Waals surface area (Å²) >= 11 is 0. The van der Waals surface area contributed by atoms with E-state index in [0.717, 1.165) is 0 Å². The van der Waals surface area contributed by atoms with Crippen LogP contribution in [0.5, 0.6) is 0 Å². The minimum Gasteiger partial charge on any atom is -0.618 e. The molecule has 0 saturated heterocycles. The first-order chi connectivity index (χ1) is 9.09. The summed E-state index contributed by atoms with van der Waals surface area (Å²) in [6.45, 7) is 0. The van der Waals surface area contributed by atoms with Crippen LogP contribution in [0.25, 0.3) is 0 Å². The van der Waals surface area contributed by atoms with E-state index in [2.05, 4.69) is 0 Å². The molecule has 0 atom stereocenters. The van der Waals surface area contributed by atoms with Gasteiger partial charge in [0.1, 0.15) is 5.56 Å². The number of ketones is 1. The number of Topliss-reactive ketones (excluding diaryl/α,β-unsaturated/α-hetero) is 1. The topological polar surface area (TPSA) is 81.3 Å². The second-order valence-corrected chi connectivity index (χ2v) is 3.97. The van der Waals surface area contributed by atoms with Crippen molar-refractivity contribution in [2.75, 3.05) is 0 Å². The molecular weight excluding hydrogens is 246 g/mol. The lowest BCUT2D eigenvalue weighted by Crippen LogP contribution is -2.35. The Hall–Kier alpha value is -2.69. The number of rotatable bonds is 4. The number of hydrogen-bond donors (Lipinski definition) is 1. The molecule has 96 valence electrons. The standard InChI is InChI=1S/C14H11NO4/c16-13(10-5-2-1-3-6-10)9-12-11(14(17)18)7-4-8-15(12)19/h1-8H,9H2,(H,17,18).